The summed E-state index contributed by atoms with van der Waals surface area (Å²) in [6, 6.07) is 30.7. The molecule has 0 aliphatic rings. The Morgan fingerprint density at radius 3 is 2.19 bits per heavy atom. The number of benzene rings is 4. The lowest BCUT2D eigenvalue weighted by Crippen LogP contribution is -2.26. The molecule has 0 spiro atoms. The molecule has 4 rings (SSSR count). The molecule has 0 radical (unpaired) electrons. The summed E-state index contributed by atoms with van der Waals surface area (Å²) in [5.74, 6) is -0.428. The first kappa shape index (κ1) is 20.4. The third-order valence-electron chi connectivity index (χ3n) is 5.22. The number of amides is 2. The molecular weight excluding hydrogens is 384 g/mol. The molecule has 2 N–H and O–H groups in total. The highest BCUT2D eigenvalue weighted by Gasteiger charge is 2.15. The molecule has 4 heteroatoms. The van der Waals surface area contributed by atoms with Gasteiger partial charge in [-0.3, -0.25) is 9.59 Å². The van der Waals surface area contributed by atoms with Gasteiger partial charge < -0.3 is 10.6 Å². The highest BCUT2D eigenvalue weighted by molar-refractivity contribution is 6.14. The molecule has 0 fully saturated rings. The van der Waals surface area contributed by atoms with Crippen molar-refractivity contribution in [3.8, 4) is 0 Å². The fourth-order valence-corrected chi connectivity index (χ4v) is 3.64. The Morgan fingerprint density at radius 2 is 1.32 bits per heavy atom. The second-order valence-corrected chi connectivity index (χ2v) is 7.37. The lowest BCUT2D eigenvalue weighted by Gasteiger charge is -2.12. The molecule has 0 unspecified atom stereocenters. The van der Waals surface area contributed by atoms with E-state index in [-0.39, 0.29) is 11.8 Å². The van der Waals surface area contributed by atoms with E-state index in [0.29, 0.717) is 23.4 Å². The topological polar surface area (TPSA) is 58.2 Å². The van der Waals surface area contributed by atoms with Crippen LogP contribution in [0.2, 0.25) is 0 Å². The third kappa shape index (κ3) is 4.98. The van der Waals surface area contributed by atoms with Crippen LogP contribution in [0.3, 0.4) is 0 Å². The Kier molecular flexibility index (Phi) is 6.38. The number of para-hydroxylation sites is 1. The number of fused-ring (bicyclic) bond motifs is 1. The van der Waals surface area contributed by atoms with Crippen molar-refractivity contribution in [1.29, 1.82) is 0 Å². The number of aryl methyl sites for hydroxylation is 1. The van der Waals surface area contributed by atoms with Crippen LogP contribution < -0.4 is 10.6 Å². The number of rotatable bonds is 7. The molecule has 31 heavy (non-hydrogen) atoms. The molecule has 0 atom stereocenters. The van der Waals surface area contributed by atoms with E-state index in [4.69, 9.17) is 0 Å². The van der Waals surface area contributed by atoms with Crippen LogP contribution in [0.4, 0.5) is 5.69 Å². The van der Waals surface area contributed by atoms with E-state index in [1.807, 2.05) is 60.7 Å². The maximum atomic E-state index is 13.0. The SMILES string of the molecule is O=C(NCCCc1ccccc1)c1ccccc1NC(=O)c1cccc2ccccc12. The van der Waals surface area contributed by atoms with Gasteiger partial charge in [-0.2, -0.15) is 0 Å². The Labute approximate surface area is 181 Å². The van der Waals surface area contributed by atoms with Gasteiger partial charge in [-0.15, -0.1) is 0 Å². The number of hydrogen-bond acceptors (Lipinski definition) is 2. The number of anilines is 1. The van der Waals surface area contributed by atoms with Crippen molar-refractivity contribution in [2.75, 3.05) is 11.9 Å². The minimum absolute atomic E-state index is 0.193. The molecule has 4 aromatic carbocycles. The van der Waals surface area contributed by atoms with E-state index in [2.05, 4.69) is 22.8 Å². The van der Waals surface area contributed by atoms with E-state index >= 15 is 0 Å². The van der Waals surface area contributed by atoms with Crippen LogP contribution in [0.25, 0.3) is 10.8 Å². The smallest absolute Gasteiger partial charge is 0.256 e. The molecule has 0 heterocycles. The number of carbonyl (C=O) groups is 2. The van der Waals surface area contributed by atoms with Crippen LogP contribution in [0.1, 0.15) is 32.7 Å². The normalized spacial score (nSPS) is 10.6. The molecular formula is C27H24N2O2. The summed E-state index contributed by atoms with van der Waals surface area (Å²) in [5.41, 5.74) is 2.78. The van der Waals surface area contributed by atoms with E-state index in [9.17, 15) is 9.59 Å². The third-order valence-corrected chi connectivity index (χ3v) is 5.22. The molecule has 2 amide bonds. The first-order chi connectivity index (χ1) is 15.2. The van der Waals surface area contributed by atoms with E-state index in [1.54, 1.807) is 24.3 Å². The monoisotopic (exact) mass is 408 g/mol. The summed E-state index contributed by atoms with van der Waals surface area (Å²) in [5, 5.41) is 7.76. The highest BCUT2D eigenvalue weighted by Crippen LogP contribution is 2.21. The molecule has 0 bridgehead atoms. The van der Waals surface area contributed by atoms with Crippen molar-refractivity contribution >= 4 is 28.3 Å². The van der Waals surface area contributed by atoms with E-state index < -0.39 is 0 Å². The lowest BCUT2D eigenvalue weighted by molar-refractivity contribution is 0.0954. The largest absolute Gasteiger partial charge is 0.352 e. The molecule has 4 aromatic rings. The van der Waals surface area contributed by atoms with E-state index in [0.717, 1.165) is 23.6 Å². The molecule has 0 aliphatic carbocycles. The quantitative estimate of drug-likeness (QED) is 0.399. The molecule has 0 saturated heterocycles. The van der Waals surface area contributed by atoms with Crippen LogP contribution in [-0.2, 0) is 6.42 Å². The van der Waals surface area contributed by atoms with Gasteiger partial charge in [0.2, 0.25) is 0 Å². The average molecular weight is 409 g/mol. The van der Waals surface area contributed by atoms with Crippen molar-refractivity contribution < 1.29 is 9.59 Å². The maximum Gasteiger partial charge on any atom is 0.256 e. The molecule has 0 saturated carbocycles. The predicted octanol–water partition coefficient (Wildman–Crippen LogP) is 5.45. The number of nitrogens with one attached hydrogen (secondary N) is 2. The zero-order chi connectivity index (χ0) is 21.5. The Morgan fingerprint density at radius 1 is 0.645 bits per heavy atom. The van der Waals surface area contributed by atoms with Crippen LogP contribution in [-0.4, -0.2) is 18.4 Å². The summed E-state index contributed by atoms with van der Waals surface area (Å²) in [7, 11) is 0. The van der Waals surface area contributed by atoms with Gasteiger partial charge in [-0.1, -0.05) is 78.9 Å². The first-order valence-electron chi connectivity index (χ1n) is 10.4. The zero-order valence-corrected chi connectivity index (χ0v) is 17.2. The molecule has 0 aromatic heterocycles. The molecule has 0 aliphatic heterocycles. The Bertz CT molecular complexity index is 1200. The van der Waals surface area contributed by atoms with Gasteiger partial charge >= 0.3 is 0 Å². The first-order valence-corrected chi connectivity index (χ1v) is 10.4. The van der Waals surface area contributed by atoms with Gasteiger partial charge in [0, 0.05) is 12.1 Å². The van der Waals surface area contributed by atoms with Crippen molar-refractivity contribution in [1.82, 2.24) is 5.32 Å². The molecule has 4 nitrogen and oxygen atoms in total. The Hall–Kier alpha value is -3.92. The number of hydrogen-bond donors (Lipinski definition) is 2. The Balaban J connectivity index is 1.43. The van der Waals surface area contributed by atoms with E-state index in [1.165, 1.54) is 5.56 Å². The number of carbonyl (C=O) groups excluding carboxylic acids is 2. The molecule has 154 valence electrons. The summed E-state index contributed by atoms with van der Waals surface area (Å²) >= 11 is 0. The van der Waals surface area contributed by atoms with Crippen LogP contribution in [0.15, 0.2) is 97.1 Å². The predicted molar refractivity (Wildman–Crippen MR) is 125 cm³/mol. The second kappa shape index (κ2) is 9.72. The van der Waals surface area contributed by atoms with Crippen molar-refractivity contribution in [3.05, 3.63) is 114 Å². The maximum absolute atomic E-state index is 13.0. The van der Waals surface area contributed by atoms with Gasteiger partial charge in [0.05, 0.1) is 11.3 Å². The second-order valence-electron chi connectivity index (χ2n) is 7.37. The fourth-order valence-electron chi connectivity index (χ4n) is 3.64. The van der Waals surface area contributed by atoms with Crippen molar-refractivity contribution in [3.63, 3.8) is 0 Å². The standard InChI is InChI=1S/C27H24N2O2/c30-26(28-19-9-12-20-10-2-1-3-11-20)24-16-6-7-18-25(24)29-27(31)23-17-8-14-21-13-4-5-15-22(21)23/h1-8,10-11,13-18H,9,12,19H2,(H,28,30)(H,29,31). The van der Waals surface area contributed by atoms with Gasteiger partial charge in [0.1, 0.15) is 0 Å². The highest BCUT2D eigenvalue weighted by atomic mass is 16.2. The van der Waals surface area contributed by atoms with Crippen LogP contribution in [0, 0.1) is 0 Å². The van der Waals surface area contributed by atoms with Crippen LogP contribution >= 0.6 is 0 Å². The summed E-state index contributed by atoms with van der Waals surface area (Å²) in [6.45, 7) is 0.569. The van der Waals surface area contributed by atoms with Gasteiger partial charge in [0.15, 0.2) is 0 Å². The zero-order valence-electron chi connectivity index (χ0n) is 17.2. The summed E-state index contributed by atoms with van der Waals surface area (Å²) in [6.07, 6.45) is 1.75. The summed E-state index contributed by atoms with van der Waals surface area (Å²) < 4.78 is 0. The van der Waals surface area contributed by atoms with Gasteiger partial charge in [-0.25, -0.2) is 0 Å². The van der Waals surface area contributed by atoms with Crippen LogP contribution in [0.5, 0.6) is 0 Å². The summed E-state index contributed by atoms with van der Waals surface area (Å²) in [4.78, 5) is 25.7. The van der Waals surface area contributed by atoms with Gasteiger partial charge in [-0.05, 0) is 47.4 Å². The van der Waals surface area contributed by atoms with Crippen molar-refractivity contribution in [2.24, 2.45) is 0 Å². The average Bonchev–Trinajstić information content (AvgIpc) is 2.82. The minimum atomic E-state index is -0.235. The lowest BCUT2D eigenvalue weighted by atomic mass is 10.0. The fraction of sp³-hybridized carbons (Fsp3) is 0.111. The minimum Gasteiger partial charge on any atom is -0.352 e. The van der Waals surface area contributed by atoms with Gasteiger partial charge in [0.25, 0.3) is 11.8 Å². The van der Waals surface area contributed by atoms with Crippen molar-refractivity contribution in [2.45, 2.75) is 12.8 Å².